The summed E-state index contributed by atoms with van der Waals surface area (Å²) in [7, 11) is 0. The van der Waals surface area contributed by atoms with Gasteiger partial charge in [0, 0.05) is 85.8 Å². The van der Waals surface area contributed by atoms with Gasteiger partial charge in [-0.05, 0) is 124 Å². The van der Waals surface area contributed by atoms with E-state index in [0.717, 1.165) is 31.0 Å². The van der Waals surface area contributed by atoms with Crippen LogP contribution in [0.25, 0.3) is 0 Å². The molecular weight excluding hydrogens is 869 g/mol. The van der Waals surface area contributed by atoms with E-state index in [9.17, 15) is 14.4 Å². The molecule has 69 heavy (non-hydrogen) atoms. The quantitative estimate of drug-likeness (QED) is 0.154. The van der Waals surface area contributed by atoms with Gasteiger partial charge in [0.1, 0.15) is 11.4 Å². The molecule has 6 aromatic rings. The molecule has 0 fully saturated rings. The highest BCUT2D eigenvalue weighted by atomic mass is 16.4. The molecule has 2 amide bonds. The molecule has 0 atom stereocenters. The van der Waals surface area contributed by atoms with Gasteiger partial charge in [0.25, 0.3) is 5.91 Å². The Morgan fingerprint density at radius 2 is 1.13 bits per heavy atom. The Kier molecular flexibility index (Phi) is 34.0. The normalized spacial score (nSPS) is 11.9. The highest BCUT2D eigenvalue weighted by Crippen LogP contribution is 1.95. The summed E-state index contributed by atoms with van der Waals surface area (Å²) in [5, 5.41) is 8.23. The van der Waals surface area contributed by atoms with Crippen molar-refractivity contribution in [2.24, 2.45) is 31.4 Å². The number of rotatable bonds is 3. The van der Waals surface area contributed by atoms with Crippen molar-refractivity contribution in [3.63, 3.8) is 0 Å². The van der Waals surface area contributed by atoms with Crippen LogP contribution < -0.4 is 11.5 Å². The van der Waals surface area contributed by atoms with Gasteiger partial charge in [0.15, 0.2) is 0 Å². The van der Waals surface area contributed by atoms with Crippen LogP contribution in [-0.2, 0) is 4.79 Å². The number of aromatic nitrogens is 6. The van der Waals surface area contributed by atoms with Gasteiger partial charge in [-0.3, -0.25) is 59.5 Å². The molecule has 0 radical (unpaired) electrons. The van der Waals surface area contributed by atoms with Crippen molar-refractivity contribution in [1.29, 1.82) is 0 Å². The van der Waals surface area contributed by atoms with Crippen molar-refractivity contribution < 1.29 is 19.5 Å². The van der Waals surface area contributed by atoms with E-state index in [-0.39, 0.29) is 5.71 Å². The van der Waals surface area contributed by atoms with Gasteiger partial charge in [0.05, 0.1) is 31.7 Å². The average molecular weight is 929 g/mol. The van der Waals surface area contributed by atoms with Crippen LogP contribution >= 0.6 is 0 Å². The van der Waals surface area contributed by atoms with E-state index in [4.69, 9.17) is 16.6 Å². The minimum atomic E-state index is -0.946. The molecule has 4 aliphatic heterocycles. The van der Waals surface area contributed by atoms with Crippen molar-refractivity contribution in [2.75, 3.05) is 26.2 Å². The summed E-state index contributed by atoms with van der Waals surface area (Å²) >= 11 is 0. The Hall–Kier alpha value is -9.05. The molecule has 5 N–H and O–H groups in total. The smallest absolute Gasteiger partial charge is 0.354 e. The number of nitrogens with two attached hydrogens (primary N) is 2. The van der Waals surface area contributed by atoms with Gasteiger partial charge in [0.2, 0.25) is 5.91 Å². The Morgan fingerprint density at radius 1 is 0.536 bits per heavy atom. The number of hydrogen-bond donors (Lipinski definition) is 3. The van der Waals surface area contributed by atoms with E-state index in [1.54, 1.807) is 86.0 Å². The van der Waals surface area contributed by atoms with Crippen molar-refractivity contribution in [1.82, 2.24) is 29.9 Å². The van der Waals surface area contributed by atoms with Crippen LogP contribution in [0.15, 0.2) is 227 Å². The van der Waals surface area contributed by atoms with E-state index in [0.29, 0.717) is 17.8 Å². The highest BCUT2D eigenvalue weighted by Gasteiger charge is 2.06. The first-order valence-corrected chi connectivity index (χ1v) is 21.3. The number of aliphatic carboxylic acids is 1. The van der Waals surface area contributed by atoms with Crippen LogP contribution in [0.2, 0.25) is 0 Å². The summed E-state index contributed by atoms with van der Waals surface area (Å²) < 4.78 is 0. The molecule has 0 saturated carbocycles. The second kappa shape index (κ2) is 40.5. The van der Waals surface area contributed by atoms with Crippen molar-refractivity contribution in [3.8, 4) is 0 Å². The Balaban J connectivity index is 0.000000385. The number of aryl methyl sites for hydroxylation is 2. The van der Waals surface area contributed by atoms with E-state index < -0.39 is 17.8 Å². The molecule has 356 valence electrons. The number of hydrogen-bond acceptors (Lipinski definition) is 13. The topological polar surface area (TPSA) is 250 Å². The van der Waals surface area contributed by atoms with E-state index in [1.807, 2.05) is 118 Å². The van der Waals surface area contributed by atoms with Crippen LogP contribution in [0.1, 0.15) is 46.0 Å². The molecule has 0 aliphatic carbocycles. The summed E-state index contributed by atoms with van der Waals surface area (Å²) in [5.41, 5.74) is 15.5. The van der Waals surface area contributed by atoms with E-state index in [2.05, 4.69) is 68.9 Å². The lowest BCUT2D eigenvalue weighted by atomic mass is 10.3. The fourth-order valence-electron chi connectivity index (χ4n) is 4.27. The molecule has 16 nitrogen and oxygen atoms in total. The number of carboxylic acid groups (broad SMARTS) is 1. The number of aliphatic imine (C=N–C) groups is 4. The van der Waals surface area contributed by atoms with Crippen LogP contribution in [0, 0.1) is 13.8 Å². The molecule has 0 bridgehead atoms. The second-order valence-electron chi connectivity index (χ2n) is 13.4. The molecule has 0 saturated heterocycles. The minimum absolute atomic E-state index is 0.157. The molecule has 6 aromatic heterocycles. The zero-order valence-corrected chi connectivity index (χ0v) is 39.3. The Bertz CT molecular complexity index is 2290. The van der Waals surface area contributed by atoms with Gasteiger partial charge in [-0.25, -0.2) is 4.79 Å². The second-order valence-corrected chi connectivity index (χ2v) is 13.4. The number of nitrogens with zero attached hydrogens (tertiary/aromatic N) is 10. The average Bonchev–Trinajstić information content (AvgIpc) is 4.27. The summed E-state index contributed by atoms with van der Waals surface area (Å²) in [6.45, 7) is 11.2. The third-order valence-electron chi connectivity index (χ3n) is 7.64. The number of carbonyl (C=O) groups excluding carboxylic acids is 2. The predicted octanol–water partition coefficient (Wildman–Crippen LogP) is 8.05. The summed E-state index contributed by atoms with van der Waals surface area (Å²) in [4.78, 5) is 69.1. The molecule has 0 unspecified atom stereocenters. The maximum absolute atomic E-state index is 10.4. The Morgan fingerprint density at radius 3 is 1.33 bits per heavy atom. The maximum Gasteiger partial charge on any atom is 0.354 e. The SMILES string of the molecule is C1=CCN=C1.CC1=CCN=C1.CC1=NCC=C1.Cc1ccccn1.Cc1cccnc1.NC(=O)c1ccccn1.NC(=O)c1cccnc1.O=C(O)C1=NCC=C1.c1ccncc1.c1ccncc1. The molecule has 0 spiro atoms. The number of carbonyl (C=O) groups is 3. The maximum atomic E-state index is 10.4. The number of allylic oxidation sites excluding steroid dienone is 3. The van der Waals surface area contributed by atoms with Gasteiger partial charge < -0.3 is 16.6 Å². The largest absolute Gasteiger partial charge is 0.477 e. The number of primary amides is 2. The number of amides is 2. The van der Waals surface area contributed by atoms with Crippen molar-refractivity contribution in [3.05, 3.63) is 230 Å². The van der Waals surface area contributed by atoms with Gasteiger partial charge in [-0.15, -0.1) is 0 Å². The molecule has 16 heteroatoms. The standard InChI is InChI=1S/2C6H6N2O.2C6H7N.C5H5NO2.2C5H7N.2C5H5N.C4H5N/c7-6(9)5-2-1-3-8-4-5;7-6(9)5-3-1-2-4-8-5;1-6-3-2-4-7-5-6;1-6-4-2-3-5-7-6;7-5(8)4-2-1-3-6-4;1-5-2-3-6-4-5;1-5-3-2-4-6-5;2*1-2-4-6-5-3-1;1-2-4-5-3-1/h2*1-4H,(H2,7,9);2*2-5H,1H3;1-2H,3H2,(H,7,8);2,4H,3H2,1H3;2-3H,4H2,1H3;2*1-5H;1-3H,4H2. The monoisotopic (exact) mass is 928 g/mol. The zero-order chi connectivity index (χ0) is 50.4. The van der Waals surface area contributed by atoms with E-state index >= 15 is 0 Å². The predicted molar refractivity (Wildman–Crippen MR) is 278 cm³/mol. The molecule has 4 aliphatic rings. The zero-order valence-electron chi connectivity index (χ0n) is 39.3. The lowest BCUT2D eigenvalue weighted by molar-refractivity contribution is -0.129. The van der Waals surface area contributed by atoms with Crippen LogP contribution in [0.5, 0.6) is 0 Å². The first kappa shape index (κ1) is 58.0. The number of pyridine rings is 6. The summed E-state index contributed by atoms with van der Waals surface area (Å²) in [6, 6.07) is 29.5. The van der Waals surface area contributed by atoms with E-state index in [1.165, 1.54) is 29.6 Å². The highest BCUT2D eigenvalue weighted by molar-refractivity contribution is 6.40. The minimum Gasteiger partial charge on any atom is -0.477 e. The van der Waals surface area contributed by atoms with Crippen LogP contribution in [-0.4, -0.2) is 103 Å². The van der Waals surface area contributed by atoms with Gasteiger partial charge in [-0.2, -0.15) is 0 Å². The Labute approximate surface area is 404 Å². The first-order valence-electron chi connectivity index (χ1n) is 21.3. The molecule has 10 heterocycles. The molecule has 10 rings (SSSR count). The lowest BCUT2D eigenvalue weighted by Gasteiger charge is -1.88. The molecule has 0 aromatic carbocycles. The van der Waals surface area contributed by atoms with Crippen molar-refractivity contribution in [2.45, 2.75) is 27.7 Å². The summed E-state index contributed by atoms with van der Waals surface area (Å²) in [5.74, 6) is -1.88. The van der Waals surface area contributed by atoms with Gasteiger partial charge >= 0.3 is 5.97 Å². The number of carboxylic acids is 1. The molecular formula is C53H60N12O4. The van der Waals surface area contributed by atoms with Gasteiger partial charge in [-0.1, -0.05) is 54.6 Å². The van der Waals surface area contributed by atoms with Crippen molar-refractivity contribution >= 4 is 41.6 Å². The van der Waals surface area contributed by atoms with Crippen LogP contribution in [0.3, 0.4) is 0 Å². The van der Waals surface area contributed by atoms with Crippen LogP contribution in [0.4, 0.5) is 0 Å². The fraction of sp³-hybridized carbons (Fsp3) is 0.151. The fourth-order valence-corrected chi connectivity index (χ4v) is 4.27. The third kappa shape index (κ3) is 35.9. The first-order chi connectivity index (χ1) is 33.5. The lowest BCUT2D eigenvalue weighted by Crippen LogP contribution is -2.12. The summed E-state index contributed by atoms with van der Waals surface area (Å²) in [6.07, 6.45) is 34.0. The third-order valence-corrected chi connectivity index (χ3v) is 7.64.